The van der Waals surface area contributed by atoms with Crippen molar-refractivity contribution in [3.05, 3.63) is 170 Å². The van der Waals surface area contributed by atoms with E-state index in [9.17, 15) is 0 Å². The Morgan fingerprint density at radius 3 is 1.07 bits per heavy atom. The van der Waals surface area contributed by atoms with E-state index in [1.807, 2.05) is 0 Å². The summed E-state index contributed by atoms with van der Waals surface area (Å²) in [4.78, 5) is 0. The first-order valence-corrected chi connectivity index (χ1v) is 19.2. The molecule has 0 N–H and O–H groups in total. The SMILES string of the molecule is c1ccc(-c2cc3c4c(c2)-c2ccc5cc6c7c(ccc8cc(c2c5c87)B4c2ccccc2-3)-c2cc(-c3ccccc3)cc3c2B6c2ccccc2-3)cc1. The second-order valence-corrected chi connectivity index (χ2v) is 15.8. The molecule has 4 heterocycles. The van der Waals surface area contributed by atoms with Crippen molar-refractivity contribution >= 4 is 78.5 Å². The number of fused-ring (bicyclic) bond motifs is 10. The van der Waals surface area contributed by atoms with Crippen LogP contribution in [0.4, 0.5) is 0 Å². The van der Waals surface area contributed by atoms with Crippen molar-refractivity contribution in [1.82, 2.24) is 0 Å². The molecule has 4 aliphatic heterocycles. The van der Waals surface area contributed by atoms with Crippen LogP contribution in [0, 0.1) is 0 Å². The summed E-state index contributed by atoms with van der Waals surface area (Å²) in [7, 11) is 0. The summed E-state index contributed by atoms with van der Waals surface area (Å²) >= 11 is 0. The Morgan fingerprint density at radius 1 is 0.241 bits per heavy atom. The third kappa shape index (κ3) is 3.27. The molecule has 0 atom stereocenters. The van der Waals surface area contributed by atoms with Gasteiger partial charge in [0.05, 0.1) is 0 Å². The lowest BCUT2D eigenvalue weighted by Crippen LogP contribution is -2.52. The van der Waals surface area contributed by atoms with E-state index >= 15 is 0 Å². The van der Waals surface area contributed by atoms with E-state index in [0.717, 1.165) is 0 Å². The molecule has 0 nitrogen and oxygen atoms in total. The molecular formula is C52H28B2. The lowest BCUT2D eigenvalue weighted by atomic mass is 9.34. The van der Waals surface area contributed by atoms with Gasteiger partial charge in [0.25, 0.3) is 0 Å². The molecule has 0 aromatic heterocycles. The van der Waals surface area contributed by atoms with Crippen molar-refractivity contribution in [1.29, 1.82) is 0 Å². The summed E-state index contributed by atoms with van der Waals surface area (Å²) in [5, 5.41) is 8.43. The zero-order valence-corrected chi connectivity index (χ0v) is 29.3. The second kappa shape index (κ2) is 9.67. The predicted octanol–water partition coefficient (Wildman–Crippen LogP) is 8.87. The highest BCUT2D eigenvalue weighted by Crippen LogP contribution is 2.47. The predicted molar refractivity (Wildman–Crippen MR) is 232 cm³/mol. The topological polar surface area (TPSA) is 0 Å². The molecule has 0 bridgehead atoms. The normalized spacial score (nSPS) is 13.5. The average molecular weight is 674 g/mol. The van der Waals surface area contributed by atoms with Crippen molar-refractivity contribution in [3.63, 3.8) is 0 Å². The van der Waals surface area contributed by atoms with Gasteiger partial charge in [-0.3, -0.25) is 0 Å². The minimum atomic E-state index is 0.211. The molecule has 0 unspecified atom stereocenters. The molecule has 4 aliphatic rings. The van der Waals surface area contributed by atoms with Crippen molar-refractivity contribution in [3.8, 4) is 66.8 Å². The molecule has 0 radical (unpaired) electrons. The van der Waals surface area contributed by atoms with Crippen LogP contribution in [-0.4, -0.2) is 13.4 Å². The molecule has 10 aromatic carbocycles. The Morgan fingerprint density at radius 2 is 0.630 bits per heavy atom. The summed E-state index contributed by atoms with van der Waals surface area (Å²) in [5.41, 5.74) is 24.8. The zero-order chi connectivity index (χ0) is 34.8. The molecule has 0 fully saturated rings. The largest absolute Gasteiger partial charge is 0.244 e. The van der Waals surface area contributed by atoms with Crippen LogP contribution in [0.25, 0.3) is 99.1 Å². The van der Waals surface area contributed by atoms with E-state index < -0.39 is 0 Å². The Bertz CT molecular complexity index is 3100. The van der Waals surface area contributed by atoms with Gasteiger partial charge in [-0.2, -0.15) is 0 Å². The highest BCUT2D eigenvalue weighted by atomic mass is 14.3. The molecule has 2 heteroatoms. The second-order valence-electron chi connectivity index (χ2n) is 15.8. The third-order valence-corrected chi connectivity index (χ3v) is 13.4. The fourth-order valence-electron chi connectivity index (χ4n) is 11.4. The number of hydrogen-bond donors (Lipinski definition) is 0. The Balaban J connectivity index is 1.13. The van der Waals surface area contributed by atoms with Crippen LogP contribution >= 0.6 is 0 Å². The van der Waals surface area contributed by atoms with Crippen molar-refractivity contribution < 1.29 is 0 Å². The molecule has 0 amide bonds. The van der Waals surface area contributed by atoms with Gasteiger partial charge in [-0.15, -0.1) is 0 Å². The smallest absolute Gasteiger partial charge is 0.0664 e. The fourth-order valence-corrected chi connectivity index (χ4v) is 11.4. The van der Waals surface area contributed by atoms with Crippen LogP contribution < -0.4 is 32.8 Å². The van der Waals surface area contributed by atoms with Crippen LogP contribution in [0.15, 0.2) is 170 Å². The zero-order valence-electron chi connectivity index (χ0n) is 29.3. The van der Waals surface area contributed by atoms with E-state index in [1.54, 1.807) is 0 Å². The summed E-state index contributed by atoms with van der Waals surface area (Å²) in [6.45, 7) is 0.422. The summed E-state index contributed by atoms with van der Waals surface area (Å²) in [6, 6.07) is 65.0. The highest BCUT2D eigenvalue weighted by Gasteiger charge is 2.44. The molecular weight excluding hydrogens is 646 g/mol. The lowest BCUT2D eigenvalue weighted by molar-refractivity contribution is 1.61. The Hall–Kier alpha value is -6.63. The maximum absolute atomic E-state index is 2.57. The number of rotatable bonds is 2. The maximum Gasteiger partial charge on any atom is 0.244 e. The molecule has 14 rings (SSSR count). The van der Waals surface area contributed by atoms with Crippen molar-refractivity contribution in [2.75, 3.05) is 0 Å². The van der Waals surface area contributed by atoms with Gasteiger partial charge in [-0.05, 0) is 123 Å². The molecule has 54 heavy (non-hydrogen) atoms. The highest BCUT2D eigenvalue weighted by molar-refractivity contribution is 7.03. The summed E-state index contributed by atoms with van der Waals surface area (Å²) in [6.07, 6.45) is 0. The minimum absolute atomic E-state index is 0.211. The van der Waals surface area contributed by atoms with E-state index in [0.29, 0.717) is 0 Å². The van der Waals surface area contributed by atoms with Gasteiger partial charge in [0.15, 0.2) is 0 Å². The van der Waals surface area contributed by atoms with Crippen molar-refractivity contribution in [2.24, 2.45) is 0 Å². The van der Waals surface area contributed by atoms with Crippen LogP contribution in [0.2, 0.25) is 0 Å². The first kappa shape index (κ1) is 27.9. The first-order valence-electron chi connectivity index (χ1n) is 19.2. The Kier molecular flexibility index (Phi) is 5.00. The van der Waals surface area contributed by atoms with Gasteiger partial charge < -0.3 is 0 Å². The average Bonchev–Trinajstić information content (AvgIpc) is 3.76. The van der Waals surface area contributed by atoms with Gasteiger partial charge in [-0.25, -0.2) is 0 Å². The Labute approximate surface area is 313 Å². The van der Waals surface area contributed by atoms with Gasteiger partial charge in [0, 0.05) is 0 Å². The number of benzene rings is 10. The molecule has 0 saturated carbocycles. The van der Waals surface area contributed by atoms with Crippen LogP contribution in [0.3, 0.4) is 0 Å². The van der Waals surface area contributed by atoms with Gasteiger partial charge >= 0.3 is 0 Å². The van der Waals surface area contributed by atoms with Crippen LogP contribution in [0.1, 0.15) is 0 Å². The van der Waals surface area contributed by atoms with Gasteiger partial charge in [0.2, 0.25) is 13.4 Å². The lowest BCUT2D eigenvalue weighted by Gasteiger charge is -2.31. The van der Waals surface area contributed by atoms with E-state index in [1.165, 1.54) is 132 Å². The summed E-state index contributed by atoms with van der Waals surface area (Å²) < 4.78 is 0. The molecule has 10 aromatic rings. The monoisotopic (exact) mass is 674 g/mol. The number of hydrogen-bond acceptors (Lipinski definition) is 0. The van der Waals surface area contributed by atoms with Crippen LogP contribution in [0.5, 0.6) is 0 Å². The van der Waals surface area contributed by atoms with Gasteiger partial charge in [0.1, 0.15) is 0 Å². The van der Waals surface area contributed by atoms with E-state index in [4.69, 9.17) is 0 Å². The first-order chi connectivity index (χ1) is 26.8. The van der Waals surface area contributed by atoms with Crippen molar-refractivity contribution in [2.45, 2.75) is 0 Å². The molecule has 0 saturated heterocycles. The van der Waals surface area contributed by atoms with Crippen LogP contribution in [-0.2, 0) is 0 Å². The van der Waals surface area contributed by atoms with Gasteiger partial charge in [-0.1, -0.05) is 178 Å². The van der Waals surface area contributed by atoms with E-state index in [-0.39, 0.29) is 13.4 Å². The molecule has 0 aliphatic carbocycles. The molecule has 0 spiro atoms. The fraction of sp³-hybridized carbons (Fsp3) is 0. The maximum atomic E-state index is 2.57. The molecule has 242 valence electrons. The standard InChI is InChI=1S/C52H28B2/c1-3-11-29(12-4-1)33-23-39-35-15-7-9-17-43(35)53-45-27-32-20-22-38-42-26-34(30-13-5-2-6-14-30)24-40-36-16-8-10-18-44(36)54(52(40)42)46-28-31-19-21-37(41(25-33)51(39)53)49(45)47(31)48(32)50(38)46/h1-28H. The quantitative estimate of drug-likeness (QED) is 0.127. The third-order valence-electron chi connectivity index (χ3n) is 13.4. The summed E-state index contributed by atoms with van der Waals surface area (Å²) in [5.74, 6) is 0. The minimum Gasteiger partial charge on any atom is -0.0664 e. The van der Waals surface area contributed by atoms with E-state index in [2.05, 4.69) is 170 Å².